The fraction of sp³-hybridized carbons (Fsp3) is 0.471. The number of oxazole rings is 1. The molecule has 0 spiro atoms. The Kier molecular flexibility index (Phi) is 3.95. The van der Waals surface area contributed by atoms with Gasteiger partial charge in [-0.25, -0.2) is 9.78 Å². The molecule has 128 valence electrons. The van der Waals surface area contributed by atoms with Gasteiger partial charge in [-0.2, -0.15) is 0 Å². The maximum Gasteiger partial charge on any atom is 0.321 e. The lowest BCUT2D eigenvalue weighted by Crippen LogP contribution is -2.33. The van der Waals surface area contributed by atoms with Crippen molar-refractivity contribution in [3.8, 4) is 0 Å². The maximum absolute atomic E-state index is 12.3. The van der Waals surface area contributed by atoms with Gasteiger partial charge in [0.15, 0.2) is 5.58 Å². The Hall–Kier alpha value is -2.57. The molecule has 1 unspecified atom stereocenters. The molecule has 2 heterocycles. The summed E-state index contributed by atoms with van der Waals surface area (Å²) in [6.45, 7) is 6.75. The third-order valence-corrected chi connectivity index (χ3v) is 4.11. The van der Waals surface area contributed by atoms with Crippen LogP contribution in [0.4, 0.5) is 10.5 Å². The van der Waals surface area contributed by atoms with Crippen molar-refractivity contribution >= 4 is 28.8 Å². The second-order valence-electron chi connectivity index (χ2n) is 7.15. The fourth-order valence-electron chi connectivity index (χ4n) is 2.67. The molecule has 2 aromatic rings. The number of hydrogen-bond acceptors (Lipinski definition) is 4. The van der Waals surface area contributed by atoms with Gasteiger partial charge in [-0.1, -0.05) is 20.8 Å². The molecule has 1 aliphatic heterocycles. The number of nitrogens with zero attached hydrogens (tertiary/aromatic N) is 2. The largest absolute Gasteiger partial charge is 0.481 e. The Morgan fingerprint density at radius 1 is 1.38 bits per heavy atom. The minimum Gasteiger partial charge on any atom is -0.481 e. The summed E-state index contributed by atoms with van der Waals surface area (Å²) in [5.74, 6) is -0.697. The van der Waals surface area contributed by atoms with Gasteiger partial charge in [-0.3, -0.25) is 4.79 Å². The van der Waals surface area contributed by atoms with Crippen molar-refractivity contribution < 1.29 is 19.1 Å². The first-order chi connectivity index (χ1) is 11.2. The number of amides is 2. The van der Waals surface area contributed by atoms with Crippen LogP contribution in [0.2, 0.25) is 0 Å². The van der Waals surface area contributed by atoms with E-state index in [2.05, 4.69) is 10.3 Å². The summed E-state index contributed by atoms with van der Waals surface area (Å²) in [5, 5.41) is 11.8. The highest BCUT2D eigenvalue weighted by Crippen LogP contribution is 2.27. The van der Waals surface area contributed by atoms with Crippen LogP contribution in [0, 0.1) is 5.92 Å². The van der Waals surface area contributed by atoms with Crippen LogP contribution in [0.5, 0.6) is 0 Å². The third-order valence-electron chi connectivity index (χ3n) is 4.11. The second-order valence-corrected chi connectivity index (χ2v) is 7.15. The molecule has 1 aromatic carbocycles. The molecule has 2 amide bonds. The third kappa shape index (κ3) is 3.20. The smallest absolute Gasteiger partial charge is 0.321 e. The van der Waals surface area contributed by atoms with Crippen molar-refractivity contribution in [1.29, 1.82) is 0 Å². The van der Waals surface area contributed by atoms with E-state index in [0.29, 0.717) is 35.6 Å². The van der Waals surface area contributed by atoms with Crippen LogP contribution in [-0.2, 0) is 10.2 Å². The highest BCUT2D eigenvalue weighted by molar-refractivity contribution is 5.92. The number of benzene rings is 1. The number of aliphatic carboxylic acids is 1. The van der Waals surface area contributed by atoms with Crippen molar-refractivity contribution in [1.82, 2.24) is 9.88 Å². The SMILES string of the molecule is CC(C)(C)c1nc2cc(NC(=O)N3CCC(C(=O)O)C3)ccc2o1. The molecular formula is C17H21N3O4. The van der Waals surface area contributed by atoms with E-state index < -0.39 is 11.9 Å². The number of fused-ring (bicyclic) bond motifs is 1. The van der Waals surface area contributed by atoms with Crippen molar-refractivity contribution in [2.75, 3.05) is 18.4 Å². The van der Waals surface area contributed by atoms with Gasteiger partial charge in [0.1, 0.15) is 5.52 Å². The number of carboxylic acids is 1. The number of likely N-dealkylation sites (tertiary alicyclic amines) is 1. The van der Waals surface area contributed by atoms with E-state index in [1.807, 2.05) is 20.8 Å². The van der Waals surface area contributed by atoms with E-state index >= 15 is 0 Å². The molecule has 1 aliphatic rings. The zero-order valence-corrected chi connectivity index (χ0v) is 14.0. The predicted octanol–water partition coefficient (Wildman–Crippen LogP) is 3.06. The Bertz CT molecular complexity index is 791. The van der Waals surface area contributed by atoms with Crippen LogP contribution >= 0.6 is 0 Å². The number of anilines is 1. The van der Waals surface area contributed by atoms with Crippen molar-refractivity contribution in [3.63, 3.8) is 0 Å². The van der Waals surface area contributed by atoms with Gasteiger partial charge in [0, 0.05) is 24.2 Å². The van der Waals surface area contributed by atoms with Crippen LogP contribution in [0.25, 0.3) is 11.1 Å². The first-order valence-electron chi connectivity index (χ1n) is 7.94. The first-order valence-corrected chi connectivity index (χ1v) is 7.94. The lowest BCUT2D eigenvalue weighted by atomic mass is 9.97. The van der Waals surface area contributed by atoms with Gasteiger partial charge >= 0.3 is 12.0 Å². The quantitative estimate of drug-likeness (QED) is 0.881. The summed E-state index contributed by atoms with van der Waals surface area (Å²) in [4.78, 5) is 29.2. The molecule has 0 saturated carbocycles. The molecule has 1 atom stereocenters. The molecule has 24 heavy (non-hydrogen) atoms. The number of carbonyl (C=O) groups excluding carboxylic acids is 1. The minimum absolute atomic E-state index is 0.191. The monoisotopic (exact) mass is 331 g/mol. The summed E-state index contributed by atoms with van der Waals surface area (Å²) in [6.07, 6.45) is 0.486. The molecule has 7 heteroatoms. The number of hydrogen-bond donors (Lipinski definition) is 2. The van der Waals surface area contributed by atoms with Crippen molar-refractivity contribution in [2.45, 2.75) is 32.6 Å². The topological polar surface area (TPSA) is 95.7 Å². The summed E-state index contributed by atoms with van der Waals surface area (Å²) in [6, 6.07) is 4.99. The molecular weight excluding hydrogens is 310 g/mol. The molecule has 0 bridgehead atoms. The van der Waals surface area contributed by atoms with Gasteiger partial charge in [0.25, 0.3) is 0 Å². The molecule has 1 saturated heterocycles. The van der Waals surface area contributed by atoms with Crippen molar-refractivity contribution in [3.05, 3.63) is 24.1 Å². The molecule has 0 radical (unpaired) electrons. The Labute approximate surface area is 139 Å². The predicted molar refractivity (Wildman–Crippen MR) is 89.0 cm³/mol. The van der Waals surface area contributed by atoms with Gasteiger partial charge in [0.05, 0.1) is 5.92 Å². The molecule has 0 aliphatic carbocycles. The molecule has 2 N–H and O–H groups in total. The van der Waals surface area contributed by atoms with Crippen LogP contribution in [0.1, 0.15) is 33.1 Å². The minimum atomic E-state index is -0.857. The number of aromatic nitrogens is 1. The lowest BCUT2D eigenvalue weighted by Gasteiger charge is -2.16. The average Bonchev–Trinajstić information content (AvgIpc) is 3.13. The normalized spacial score (nSPS) is 18.1. The van der Waals surface area contributed by atoms with Crippen molar-refractivity contribution in [2.24, 2.45) is 5.92 Å². The average molecular weight is 331 g/mol. The maximum atomic E-state index is 12.3. The Morgan fingerprint density at radius 3 is 2.75 bits per heavy atom. The number of carbonyl (C=O) groups is 2. The van der Waals surface area contributed by atoms with Crippen LogP contribution in [0.3, 0.4) is 0 Å². The molecule has 3 rings (SSSR count). The summed E-state index contributed by atoms with van der Waals surface area (Å²) in [7, 11) is 0. The summed E-state index contributed by atoms with van der Waals surface area (Å²) in [5.41, 5.74) is 1.77. The number of urea groups is 1. The van der Waals surface area contributed by atoms with Gasteiger partial charge in [0.2, 0.25) is 5.89 Å². The summed E-state index contributed by atoms with van der Waals surface area (Å²) < 4.78 is 5.73. The first kappa shape index (κ1) is 16.3. The lowest BCUT2D eigenvalue weighted by molar-refractivity contribution is -0.141. The molecule has 7 nitrogen and oxygen atoms in total. The van der Waals surface area contributed by atoms with E-state index in [1.165, 1.54) is 4.90 Å². The Balaban J connectivity index is 1.73. The second kappa shape index (κ2) is 5.81. The molecule has 1 aromatic heterocycles. The van der Waals surface area contributed by atoms with Crippen LogP contribution in [0.15, 0.2) is 22.6 Å². The number of carboxylic acid groups (broad SMARTS) is 1. The Morgan fingerprint density at radius 2 is 2.12 bits per heavy atom. The number of nitrogens with one attached hydrogen (secondary N) is 1. The van der Waals surface area contributed by atoms with Gasteiger partial charge in [-0.05, 0) is 24.6 Å². The van der Waals surface area contributed by atoms with E-state index in [0.717, 1.165) is 0 Å². The number of rotatable bonds is 2. The van der Waals surface area contributed by atoms with Crippen LogP contribution in [-0.4, -0.2) is 40.1 Å². The summed E-state index contributed by atoms with van der Waals surface area (Å²) >= 11 is 0. The zero-order chi connectivity index (χ0) is 17.5. The van der Waals surface area contributed by atoms with Crippen LogP contribution < -0.4 is 5.32 Å². The standard InChI is InChI=1S/C17H21N3O4/c1-17(2,3)15-19-12-8-11(4-5-13(12)24-15)18-16(23)20-7-6-10(9-20)14(21)22/h4-5,8,10H,6-7,9H2,1-3H3,(H,18,23)(H,21,22). The highest BCUT2D eigenvalue weighted by atomic mass is 16.4. The van der Waals surface area contributed by atoms with Gasteiger partial charge in [-0.15, -0.1) is 0 Å². The highest BCUT2D eigenvalue weighted by Gasteiger charge is 2.31. The van der Waals surface area contributed by atoms with E-state index in [1.54, 1.807) is 18.2 Å². The van der Waals surface area contributed by atoms with E-state index in [9.17, 15) is 9.59 Å². The molecule has 1 fully saturated rings. The van der Waals surface area contributed by atoms with E-state index in [4.69, 9.17) is 9.52 Å². The van der Waals surface area contributed by atoms with E-state index in [-0.39, 0.29) is 18.0 Å². The fourth-order valence-corrected chi connectivity index (χ4v) is 2.67. The van der Waals surface area contributed by atoms with Gasteiger partial charge < -0.3 is 19.7 Å². The zero-order valence-electron chi connectivity index (χ0n) is 14.0.